The number of hydrogen-bond donors (Lipinski definition) is 3. The van der Waals surface area contributed by atoms with E-state index in [1.807, 2.05) is 0 Å². The number of hydrogen-bond acceptors (Lipinski definition) is 3. The van der Waals surface area contributed by atoms with E-state index in [-0.39, 0.29) is 11.2 Å². The zero-order valence-electron chi connectivity index (χ0n) is 8.90. The van der Waals surface area contributed by atoms with Crippen LogP contribution in [0.3, 0.4) is 0 Å². The SMILES string of the molecule is CC(O)CCNC(=O)Nc1cccnc1Cl. The summed E-state index contributed by atoms with van der Waals surface area (Å²) < 4.78 is 0. The Labute approximate surface area is 98.8 Å². The predicted molar refractivity (Wildman–Crippen MR) is 62.6 cm³/mol. The van der Waals surface area contributed by atoms with Crippen LogP contribution in [0.2, 0.25) is 5.15 Å². The summed E-state index contributed by atoms with van der Waals surface area (Å²) in [5.41, 5.74) is 0.457. The summed E-state index contributed by atoms with van der Waals surface area (Å²) in [6.07, 6.45) is 1.62. The number of amides is 2. The molecule has 1 aromatic heterocycles. The van der Waals surface area contributed by atoms with Crippen molar-refractivity contribution in [2.75, 3.05) is 11.9 Å². The molecule has 1 unspecified atom stereocenters. The molecular weight excluding hydrogens is 230 g/mol. The quantitative estimate of drug-likeness (QED) is 0.704. The summed E-state index contributed by atoms with van der Waals surface area (Å²) in [6.45, 7) is 2.07. The first-order valence-corrected chi connectivity index (χ1v) is 5.31. The van der Waals surface area contributed by atoms with Gasteiger partial charge in [-0.3, -0.25) is 0 Å². The Balaban J connectivity index is 2.37. The molecular formula is C10H14ClN3O2. The predicted octanol–water partition coefficient (Wildman–Crippen LogP) is 1.63. The molecule has 1 rings (SSSR count). The zero-order chi connectivity index (χ0) is 12.0. The number of aliphatic hydroxyl groups is 1. The van der Waals surface area contributed by atoms with Crippen LogP contribution in [0, 0.1) is 0 Å². The molecule has 1 atom stereocenters. The Morgan fingerprint density at radius 3 is 3.06 bits per heavy atom. The van der Waals surface area contributed by atoms with Crippen LogP contribution in [-0.4, -0.2) is 28.8 Å². The van der Waals surface area contributed by atoms with Crippen LogP contribution in [0.15, 0.2) is 18.3 Å². The summed E-state index contributed by atoms with van der Waals surface area (Å²) in [4.78, 5) is 15.2. The van der Waals surface area contributed by atoms with Gasteiger partial charge in [-0.05, 0) is 25.5 Å². The molecule has 6 heteroatoms. The molecule has 3 N–H and O–H groups in total. The normalized spacial score (nSPS) is 11.9. The van der Waals surface area contributed by atoms with Crippen molar-refractivity contribution in [2.45, 2.75) is 19.4 Å². The van der Waals surface area contributed by atoms with E-state index >= 15 is 0 Å². The summed E-state index contributed by atoms with van der Waals surface area (Å²) >= 11 is 5.76. The van der Waals surface area contributed by atoms with E-state index in [0.29, 0.717) is 18.7 Å². The molecule has 0 aliphatic carbocycles. The van der Waals surface area contributed by atoms with Gasteiger partial charge in [0.1, 0.15) is 0 Å². The average Bonchev–Trinajstić information content (AvgIpc) is 2.21. The number of anilines is 1. The number of pyridine rings is 1. The number of nitrogens with zero attached hydrogens (tertiary/aromatic N) is 1. The topological polar surface area (TPSA) is 74.2 Å². The van der Waals surface area contributed by atoms with E-state index in [4.69, 9.17) is 16.7 Å². The number of carbonyl (C=O) groups is 1. The van der Waals surface area contributed by atoms with Gasteiger partial charge in [-0.25, -0.2) is 9.78 Å². The van der Waals surface area contributed by atoms with Crippen molar-refractivity contribution in [3.8, 4) is 0 Å². The first-order valence-electron chi connectivity index (χ1n) is 4.93. The lowest BCUT2D eigenvalue weighted by Crippen LogP contribution is -2.31. The van der Waals surface area contributed by atoms with Crippen LogP contribution >= 0.6 is 11.6 Å². The van der Waals surface area contributed by atoms with Crippen LogP contribution in [0.25, 0.3) is 0 Å². The molecule has 0 radical (unpaired) electrons. The highest BCUT2D eigenvalue weighted by atomic mass is 35.5. The number of rotatable bonds is 4. The fraction of sp³-hybridized carbons (Fsp3) is 0.400. The van der Waals surface area contributed by atoms with Gasteiger partial charge < -0.3 is 15.7 Å². The molecule has 0 aliphatic heterocycles. The van der Waals surface area contributed by atoms with Crippen LogP contribution in [0.1, 0.15) is 13.3 Å². The molecule has 0 saturated heterocycles. The fourth-order valence-electron chi connectivity index (χ4n) is 1.04. The van der Waals surface area contributed by atoms with Crippen molar-refractivity contribution in [3.63, 3.8) is 0 Å². The van der Waals surface area contributed by atoms with E-state index in [2.05, 4.69) is 15.6 Å². The molecule has 1 aromatic rings. The third kappa shape index (κ3) is 4.46. The van der Waals surface area contributed by atoms with Gasteiger partial charge in [-0.1, -0.05) is 11.6 Å². The van der Waals surface area contributed by atoms with Crippen molar-refractivity contribution in [1.29, 1.82) is 0 Å². The molecule has 0 bridgehead atoms. The summed E-state index contributed by atoms with van der Waals surface area (Å²) in [7, 11) is 0. The second kappa shape index (κ2) is 6.30. The highest BCUT2D eigenvalue weighted by Gasteiger charge is 2.05. The first-order chi connectivity index (χ1) is 7.59. The summed E-state index contributed by atoms with van der Waals surface area (Å²) in [5, 5.41) is 14.4. The van der Waals surface area contributed by atoms with Crippen molar-refractivity contribution >= 4 is 23.3 Å². The first kappa shape index (κ1) is 12.7. The number of urea groups is 1. The molecule has 0 aliphatic rings. The van der Waals surface area contributed by atoms with Gasteiger partial charge in [-0.2, -0.15) is 0 Å². The smallest absolute Gasteiger partial charge is 0.319 e. The van der Waals surface area contributed by atoms with Crippen LogP contribution < -0.4 is 10.6 Å². The molecule has 0 spiro atoms. The molecule has 0 fully saturated rings. The Morgan fingerprint density at radius 2 is 2.44 bits per heavy atom. The van der Waals surface area contributed by atoms with E-state index in [1.165, 1.54) is 0 Å². The Hall–Kier alpha value is -1.33. The van der Waals surface area contributed by atoms with Crippen LogP contribution in [0.5, 0.6) is 0 Å². The molecule has 0 aromatic carbocycles. The van der Waals surface area contributed by atoms with E-state index in [9.17, 15) is 4.79 Å². The van der Waals surface area contributed by atoms with Gasteiger partial charge in [0.05, 0.1) is 11.8 Å². The van der Waals surface area contributed by atoms with Crippen molar-refractivity contribution in [2.24, 2.45) is 0 Å². The van der Waals surface area contributed by atoms with E-state index in [0.717, 1.165) is 0 Å². The number of nitrogens with one attached hydrogen (secondary N) is 2. The number of aromatic nitrogens is 1. The third-order valence-corrected chi connectivity index (χ3v) is 2.16. The Bertz CT molecular complexity index is 358. The molecule has 16 heavy (non-hydrogen) atoms. The lowest BCUT2D eigenvalue weighted by molar-refractivity contribution is 0.184. The summed E-state index contributed by atoms with van der Waals surface area (Å²) in [6, 6.07) is 2.97. The minimum absolute atomic E-state index is 0.244. The van der Waals surface area contributed by atoms with Gasteiger partial charge in [0.25, 0.3) is 0 Å². The Morgan fingerprint density at radius 1 is 1.69 bits per heavy atom. The van der Waals surface area contributed by atoms with Gasteiger partial charge in [-0.15, -0.1) is 0 Å². The second-order valence-electron chi connectivity index (χ2n) is 3.36. The van der Waals surface area contributed by atoms with Gasteiger partial charge >= 0.3 is 6.03 Å². The molecule has 88 valence electrons. The maximum atomic E-state index is 11.4. The number of halogens is 1. The Kier molecular flexibility index (Phi) is 5.01. The standard InChI is InChI=1S/C10H14ClN3O2/c1-7(15)4-6-13-10(16)14-8-3-2-5-12-9(8)11/h2-3,5,7,15H,4,6H2,1H3,(H2,13,14,16). The number of aliphatic hydroxyl groups excluding tert-OH is 1. The second-order valence-corrected chi connectivity index (χ2v) is 3.72. The summed E-state index contributed by atoms with van der Waals surface area (Å²) in [5.74, 6) is 0. The monoisotopic (exact) mass is 243 g/mol. The molecule has 1 heterocycles. The van der Waals surface area contributed by atoms with Gasteiger partial charge in [0.2, 0.25) is 0 Å². The highest BCUT2D eigenvalue weighted by molar-refractivity contribution is 6.32. The van der Waals surface area contributed by atoms with Gasteiger partial charge in [0, 0.05) is 12.7 Å². The highest BCUT2D eigenvalue weighted by Crippen LogP contribution is 2.16. The maximum absolute atomic E-state index is 11.4. The lowest BCUT2D eigenvalue weighted by Gasteiger charge is -2.09. The van der Waals surface area contributed by atoms with Crippen molar-refractivity contribution < 1.29 is 9.90 Å². The van der Waals surface area contributed by atoms with Crippen molar-refractivity contribution in [3.05, 3.63) is 23.5 Å². The molecule has 0 saturated carbocycles. The van der Waals surface area contributed by atoms with Gasteiger partial charge in [0.15, 0.2) is 5.15 Å². The number of carbonyl (C=O) groups excluding carboxylic acids is 1. The van der Waals surface area contributed by atoms with Crippen LogP contribution in [0.4, 0.5) is 10.5 Å². The van der Waals surface area contributed by atoms with E-state index < -0.39 is 6.10 Å². The largest absolute Gasteiger partial charge is 0.393 e. The fourth-order valence-corrected chi connectivity index (χ4v) is 1.21. The van der Waals surface area contributed by atoms with Crippen LogP contribution in [-0.2, 0) is 0 Å². The maximum Gasteiger partial charge on any atom is 0.319 e. The molecule has 5 nitrogen and oxygen atoms in total. The molecule has 2 amide bonds. The average molecular weight is 244 g/mol. The van der Waals surface area contributed by atoms with E-state index in [1.54, 1.807) is 25.3 Å². The lowest BCUT2D eigenvalue weighted by atomic mass is 10.3. The minimum Gasteiger partial charge on any atom is -0.393 e. The zero-order valence-corrected chi connectivity index (χ0v) is 9.66. The van der Waals surface area contributed by atoms with Crippen molar-refractivity contribution in [1.82, 2.24) is 10.3 Å². The third-order valence-electron chi connectivity index (χ3n) is 1.85. The minimum atomic E-state index is -0.428.